The molecule has 14 heavy (non-hydrogen) atoms. The summed E-state index contributed by atoms with van der Waals surface area (Å²) in [6, 6.07) is 0.637. The molecule has 3 nitrogen and oxygen atoms in total. The van der Waals surface area contributed by atoms with E-state index in [4.69, 9.17) is 0 Å². The summed E-state index contributed by atoms with van der Waals surface area (Å²) in [5.41, 5.74) is 0. The van der Waals surface area contributed by atoms with Gasteiger partial charge in [-0.05, 0) is 19.3 Å². The van der Waals surface area contributed by atoms with E-state index in [0.717, 1.165) is 6.42 Å². The van der Waals surface area contributed by atoms with Gasteiger partial charge in [-0.15, -0.1) is 0 Å². The van der Waals surface area contributed by atoms with Gasteiger partial charge in [-0.25, -0.2) is 0 Å². The first kappa shape index (κ1) is 13.4. The normalized spacial score (nSPS) is 13.4. The third-order valence-corrected chi connectivity index (χ3v) is 1.90. The first-order chi connectivity index (χ1) is 6.41. The fourth-order valence-electron chi connectivity index (χ4n) is 1.39. The van der Waals surface area contributed by atoms with Gasteiger partial charge in [0, 0.05) is 12.1 Å². The predicted octanol–water partition coefficient (Wildman–Crippen LogP) is 1.54. The Bertz CT molecular complexity index is 167. The molecule has 0 aromatic heterocycles. The van der Waals surface area contributed by atoms with E-state index in [0.29, 0.717) is 18.5 Å². The summed E-state index contributed by atoms with van der Waals surface area (Å²) in [5.74, 6) is 0.718. The fourth-order valence-corrected chi connectivity index (χ4v) is 1.39. The highest BCUT2D eigenvalue weighted by molar-refractivity contribution is 5.78. The van der Waals surface area contributed by atoms with Crippen molar-refractivity contribution in [2.24, 2.45) is 5.92 Å². The Morgan fingerprint density at radius 3 is 2.14 bits per heavy atom. The highest BCUT2D eigenvalue weighted by Gasteiger charge is 2.08. The third kappa shape index (κ3) is 8.05. The van der Waals surface area contributed by atoms with Gasteiger partial charge in [0.1, 0.15) is 0 Å². The summed E-state index contributed by atoms with van der Waals surface area (Å²) >= 11 is 0. The van der Waals surface area contributed by atoms with Gasteiger partial charge in [-0.1, -0.05) is 27.7 Å². The van der Waals surface area contributed by atoms with Crippen LogP contribution in [0.5, 0.6) is 0 Å². The molecule has 0 spiro atoms. The van der Waals surface area contributed by atoms with E-state index >= 15 is 0 Å². The number of hydrogen-bond donors (Lipinski definition) is 2. The molecule has 1 unspecified atom stereocenters. The number of rotatable bonds is 6. The smallest absolute Gasteiger partial charge is 0.234 e. The van der Waals surface area contributed by atoms with Crippen molar-refractivity contribution in [3.63, 3.8) is 0 Å². The lowest BCUT2D eigenvalue weighted by Gasteiger charge is -2.16. The number of amides is 1. The molecule has 0 aromatic rings. The average Bonchev–Trinajstić information content (AvgIpc) is 1.98. The van der Waals surface area contributed by atoms with E-state index in [1.54, 1.807) is 0 Å². The number of carbonyl (C=O) groups excluding carboxylic acids is 1. The molecule has 0 bridgehead atoms. The highest BCUT2D eigenvalue weighted by atomic mass is 16.1. The van der Waals surface area contributed by atoms with Gasteiger partial charge in [-0.3, -0.25) is 4.79 Å². The van der Waals surface area contributed by atoms with Gasteiger partial charge in [0.25, 0.3) is 0 Å². The maximum absolute atomic E-state index is 11.4. The molecule has 0 saturated carbocycles. The first-order valence-corrected chi connectivity index (χ1v) is 5.44. The molecule has 1 amide bonds. The van der Waals surface area contributed by atoms with Gasteiger partial charge in [0.05, 0.1) is 6.54 Å². The predicted molar refractivity (Wildman–Crippen MR) is 60.2 cm³/mol. The van der Waals surface area contributed by atoms with Crippen LogP contribution in [0.3, 0.4) is 0 Å². The summed E-state index contributed by atoms with van der Waals surface area (Å²) in [7, 11) is 0. The van der Waals surface area contributed by atoms with Gasteiger partial charge < -0.3 is 10.6 Å². The summed E-state index contributed by atoms with van der Waals surface area (Å²) in [6.07, 6.45) is 1.04. The Balaban J connectivity index is 3.60. The molecule has 0 rings (SSSR count). The van der Waals surface area contributed by atoms with Gasteiger partial charge >= 0.3 is 0 Å². The lowest BCUT2D eigenvalue weighted by molar-refractivity contribution is -0.121. The van der Waals surface area contributed by atoms with Crippen LogP contribution < -0.4 is 10.6 Å². The van der Waals surface area contributed by atoms with Gasteiger partial charge in [-0.2, -0.15) is 0 Å². The number of carbonyl (C=O) groups is 1. The number of hydrogen-bond acceptors (Lipinski definition) is 2. The average molecular weight is 200 g/mol. The van der Waals surface area contributed by atoms with Gasteiger partial charge in [0.2, 0.25) is 5.91 Å². The lowest BCUT2D eigenvalue weighted by atomic mass is 10.1. The van der Waals surface area contributed by atoms with Crippen LogP contribution in [0.1, 0.15) is 41.0 Å². The quantitative estimate of drug-likeness (QED) is 0.683. The molecule has 0 heterocycles. The summed E-state index contributed by atoms with van der Waals surface area (Å²) in [5, 5.41) is 6.06. The highest BCUT2D eigenvalue weighted by Crippen LogP contribution is 2.03. The molecule has 0 fully saturated rings. The van der Waals surface area contributed by atoms with Crippen molar-refractivity contribution in [2.45, 2.75) is 53.1 Å². The Morgan fingerprint density at radius 1 is 1.14 bits per heavy atom. The summed E-state index contributed by atoms with van der Waals surface area (Å²) in [6.45, 7) is 10.9. The van der Waals surface area contributed by atoms with Gasteiger partial charge in [0.15, 0.2) is 0 Å². The number of nitrogens with one attached hydrogen (secondary N) is 2. The van der Waals surface area contributed by atoms with Crippen molar-refractivity contribution >= 4 is 5.91 Å². The molecule has 0 aromatic carbocycles. The van der Waals surface area contributed by atoms with Crippen molar-refractivity contribution in [2.75, 3.05) is 6.54 Å². The molecule has 3 heteroatoms. The molecule has 0 aliphatic rings. The van der Waals surface area contributed by atoms with Crippen molar-refractivity contribution < 1.29 is 4.79 Å². The maximum atomic E-state index is 11.4. The van der Waals surface area contributed by atoms with Crippen LogP contribution in [-0.2, 0) is 4.79 Å². The zero-order valence-electron chi connectivity index (χ0n) is 10.1. The van der Waals surface area contributed by atoms with Crippen LogP contribution in [0.15, 0.2) is 0 Å². The molecule has 0 radical (unpaired) electrons. The largest absolute Gasteiger partial charge is 0.353 e. The standard InChI is InChI=1S/C11H24N2O/c1-8(2)6-10(5)13-11(14)7-12-9(3)4/h8-10,12H,6-7H2,1-5H3,(H,13,14). The van der Waals surface area contributed by atoms with E-state index in [1.165, 1.54) is 0 Å². The minimum absolute atomic E-state index is 0.0897. The van der Waals surface area contributed by atoms with E-state index in [1.807, 2.05) is 20.8 Å². The molecular weight excluding hydrogens is 176 g/mol. The monoisotopic (exact) mass is 200 g/mol. The SMILES string of the molecule is CC(C)CC(C)NC(=O)CNC(C)C. The Labute approximate surface area is 87.6 Å². The second kappa shape index (κ2) is 6.82. The first-order valence-electron chi connectivity index (χ1n) is 5.44. The van der Waals surface area contributed by atoms with Crippen LogP contribution in [0.4, 0.5) is 0 Å². The third-order valence-electron chi connectivity index (χ3n) is 1.90. The molecule has 0 saturated heterocycles. The minimum atomic E-state index is 0.0897. The van der Waals surface area contributed by atoms with E-state index < -0.39 is 0 Å². The molecule has 0 aliphatic heterocycles. The van der Waals surface area contributed by atoms with Crippen LogP contribution in [0, 0.1) is 5.92 Å². The minimum Gasteiger partial charge on any atom is -0.353 e. The Morgan fingerprint density at radius 2 is 1.71 bits per heavy atom. The Kier molecular flexibility index (Phi) is 6.54. The molecule has 2 N–H and O–H groups in total. The second-order valence-corrected chi connectivity index (χ2v) is 4.63. The lowest BCUT2D eigenvalue weighted by Crippen LogP contribution is -2.41. The van der Waals surface area contributed by atoms with E-state index in [2.05, 4.69) is 24.5 Å². The van der Waals surface area contributed by atoms with Crippen LogP contribution >= 0.6 is 0 Å². The van der Waals surface area contributed by atoms with Crippen molar-refractivity contribution in [1.29, 1.82) is 0 Å². The van der Waals surface area contributed by atoms with Crippen LogP contribution in [0.25, 0.3) is 0 Å². The molecule has 0 aliphatic carbocycles. The zero-order valence-corrected chi connectivity index (χ0v) is 10.1. The Hall–Kier alpha value is -0.570. The van der Waals surface area contributed by atoms with E-state index in [-0.39, 0.29) is 11.9 Å². The summed E-state index contributed by atoms with van der Waals surface area (Å²) < 4.78 is 0. The van der Waals surface area contributed by atoms with Crippen molar-refractivity contribution in [3.05, 3.63) is 0 Å². The van der Waals surface area contributed by atoms with Crippen LogP contribution in [-0.4, -0.2) is 24.5 Å². The molecule has 1 atom stereocenters. The van der Waals surface area contributed by atoms with E-state index in [9.17, 15) is 4.79 Å². The zero-order chi connectivity index (χ0) is 11.1. The summed E-state index contributed by atoms with van der Waals surface area (Å²) in [4.78, 5) is 11.4. The molecule has 84 valence electrons. The maximum Gasteiger partial charge on any atom is 0.234 e. The second-order valence-electron chi connectivity index (χ2n) is 4.63. The van der Waals surface area contributed by atoms with Crippen LogP contribution in [0.2, 0.25) is 0 Å². The van der Waals surface area contributed by atoms with Crippen molar-refractivity contribution in [1.82, 2.24) is 10.6 Å². The molecular formula is C11H24N2O. The fraction of sp³-hybridized carbons (Fsp3) is 0.909. The van der Waals surface area contributed by atoms with Crippen molar-refractivity contribution in [3.8, 4) is 0 Å². The topological polar surface area (TPSA) is 41.1 Å².